The van der Waals surface area contributed by atoms with Gasteiger partial charge in [0.15, 0.2) is 0 Å². The molecule has 1 aromatic carbocycles. The number of nitrogens with zero attached hydrogens (tertiary/aromatic N) is 1. The Hall–Kier alpha value is -1.35. The molecule has 1 aromatic rings. The quantitative estimate of drug-likeness (QED) is 0.871. The summed E-state index contributed by atoms with van der Waals surface area (Å²) in [6.07, 6.45) is 0.361. The number of benzene rings is 1. The molecule has 0 aliphatic carbocycles. The van der Waals surface area contributed by atoms with Crippen molar-refractivity contribution < 1.29 is 4.79 Å². The average Bonchev–Trinajstić information content (AvgIpc) is 2.28. The minimum atomic E-state index is -0.223. The first-order valence-electron chi connectivity index (χ1n) is 6.55. The summed E-state index contributed by atoms with van der Waals surface area (Å²) >= 11 is 0. The highest BCUT2D eigenvalue weighted by Crippen LogP contribution is 2.17. The molecule has 0 spiro atoms. The lowest BCUT2D eigenvalue weighted by Gasteiger charge is -2.31. The van der Waals surface area contributed by atoms with E-state index in [1.807, 2.05) is 62.9 Å². The van der Waals surface area contributed by atoms with Gasteiger partial charge in [0.1, 0.15) is 0 Å². The van der Waals surface area contributed by atoms with Crippen LogP contribution in [0.15, 0.2) is 30.3 Å². The predicted octanol–water partition coefficient (Wildman–Crippen LogP) is 2.72. The fourth-order valence-electron chi connectivity index (χ4n) is 2.28. The van der Waals surface area contributed by atoms with Crippen molar-refractivity contribution in [2.45, 2.75) is 52.2 Å². The zero-order chi connectivity index (χ0) is 13.7. The zero-order valence-corrected chi connectivity index (χ0v) is 11.8. The molecule has 0 bridgehead atoms. The third-order valence-corrected chi connectivity index (χ3v) is 3.02. The SMILES string of the molecule is CC(C)N(C(=O)CC(N)c1ccccc1)C(C)C. The van der Waals surface area contributed by atoms with E-state index in [0.717, 1.165) is 5.56 Å². The molecular weight excluding hydrogens is 224 g/mol. The molecule has 1 atom stereocenters. The molecular formula is C15H24N2O. The van der Waals surface area contributed by atoms with E-state index in [0.29, 0.717) is 6.42 Å². The van der Waals surface area contributed by atoms with Crippen LogP contribution in [0.25, 0.3) is 0 Å². The lowest BCUT2D eigenvalue weighted by molar-refractivity contribution is -0.135. The van der Waals surface area contributed by atoms with Crippen LogP contribution in [0.5, 0.6) is 0 Å². The number of hydrogen-bond donors (Lipinski definition) is 1. The third kappa shape index (κ3) is 3.84. The molecule has 0 saturated carbocycles. The van der Waals surface area contributed by atoms with E-state index >= 15 is 0 Å². The summed E-state index contributed by atoms with van der Waals surface area (Å²) in [7, 11) is 0. The molecule has 0 heterocycles. The molecule has 2 N–H and O–H groups in total. The summed E-state index contributed by atoms with van der Waals surface area (Å²) in [6, 6.07) is 9.97. The smallest absolute Gasteiger partial charge is 0.224 e. The molecule has 0 aliphatic heterocycles. The summed E-state index contributed by atoms with van der Waals surface area (Å²) in [6.45, 7) is 8.13. The van der Waals surface area contributed by atoms with Crippen molar-refractivity contribution in [3.05, 3.63) is 35.9 Å². The molecule has 0 fully saturated rings. The Balaban J connectivity index is 2.69. The summed E-state index contributed by atoms with van der Waals surface area (Å²) in [4.78, 5) is 14.1. The lowest BCUT2D eigenvalue weighted by atomic mass is 10.0. The van der Waals surface area contributed by atoms with Crippen molar-refractivity contribution in [1.82, 2.24) is 4.90 Å². The monoisotopic (exact) mass is 248 g/mol. The minimum absolute atomic E-state index is 0.122. The maximum atomic E-state index is 12.3. The van der Waals surface area contributed by atoms with E-state index in [9.17, 15) is 4.79 Å². The fourth-order valence-corrected chi connectivity index (χ4v) is 2.28. The van der Waals surface area contributed by atoms with Crippen molar-refractivity contribution in [3.8, 4) is 0 Å². The van der Waals surface area contributed by atoms with Gasteiger partial charge in [0.05, 0.1) is 0 Å². The van der Waals surface area contributed by atoms with Crippen LogP contribution in [-0.2, 0) is 4.79 Å². The molecule has 0 radical (unpaired) electrons. The molecule has 3 heteroatoms. The van der Waals surface area contributed by atoms with Crippen molar-refractivity contribution in [2.75, 3.05) is 0 Å². The number of amides is 1. The Morgan fingerprint density at radius 3 is 2.06 bits per heavy atom. The van der Waals surface area contributed by atoms with Crippen molar-refractivity contribution in [2.24, 2.45) is 5.73 Å². The van der Waals surface area contributed by atoms with Gasteiger partial charge in [-0.15, -0.1) is 0 Å². The summed E-state index contributed by atoms with van der Waals surface area (Å²) < 4.78 is 0. The van der Waals surface area contributed by atoms with E-state index in [1.54, 1.807) is 0 Å². The number of hydrogen-bond acceptors (Lipinski definition) is 2. The fraction of sp³-hybridized carbons (Fsp3) is 0.533. The predicted molar refractivity (Wildman–Crippen MR) is 75.1 cm³/mol. The molecule has 100 valence electrons. The Labute approximate surface area is 110 Å². The van der Waals surface area contributed by atoms with Crippen LogP contribution < -0.4 is 5.73 Å². The van der Waals surface area contributed by atoms with Crippen molar-refractivity contribution in [3.63, 3.8) is 0 Å². The van der Waals surface area contributed by atoms with Crippen molar-refractivity contribution in [1.29, 1.82) is 0 Å². The standard InChI is InChI=1S/C15H24N2O/c1-11(2)17(12(3)4)15(18)10-14(16)13-8-6-5-7-9-13/h5-9,11-12,14H,10,16H2,1-4H3. The Morgan fingerprint density at radius 2 is 1.61 bits per heavy atom. The number of rotatable bonds is 5. The molecule has 0 aliphatic rings. The van der Waals surface area contributed by atoms with Crippen LogP contribution >= 0.6 is 0 Å². The topological polar surface area (TPSA) is 46.3 Å². The first-order valence-corrected chi connectivity index (χ1v) is 6.55. The van der Waals surface area contributed by atoms with Gasteiger partial charge >= 0.3 is 0 Å². The van der Waals surface area contributed by atoms with Gasteiger partial charge < -0.3 is 10.6 Å². The van der Waals surface area contributed by atoms with E-state index in [4.69, 9.17) is 5.73 Å². The van der Waals surface area contributed by atoms with Gasteiger partial charge in [0.25, 0.3) is 0 Å². The van der Waals surface area contributed by atoms with Crippen LogP contribution in [-0.4, -0.2) is 22.9 Å². The average molecular weight is 248 g/mol. The Kier molecular flexibility index (Phi) is 5.35. The number of carbonyl (C=O) groups is 1. The van der Waals surface area contributed by atoms with Crippen LogP contribution in [0.3, 0.4) is 0 Å². The maximum Gasteiger partial charge on any atom is 0.224 e. The molecule has 0 saturated heterocycles. The Morgan fingerprint density at radius 1 is 1.11 bits per heavy atom. The second-order valence-electron chi connectivity index (χ2n) is 5.21. The highest BCUT2D eigenvalue weighted by Gasteiger charge is 2.22. The number of nitrogens with two attached hydrogens (primary N) is 1. The second kappa shape index (κ2) is 6.55. The van der Waals surface area contributed by atoms with Gasteiger partial charge in [-0.25, -0.2) is 0 Å². The zero-order valence-electron chi connectivity index (χ0n) is 11.8. The highest BCUT2D eigenvalue weighted by molar-refractivity contribution is 5.77. The van der Waals surface area contributed by atoms with E-state index < -0.39 is 0 Å². The van der Waals surface area contributed by atoms with E-state index in [-0.39, 0.29) is 24.0 Å². The lowest BCUT2D eigenvalue weighted by Crippen LogP contribution is -2.43. The summed E-state index contributed by atoms with van der Waals surface area (Å²) in [5.41, 5.74) is 7.10. The molecule has 0 aromatic heterocycles. The van der Waals surface area contributed by atoms with Gasteiger partial charge in [0, 0.05) is 24.5 Å². The minimum Gasteiger partial charge on any atom is -0.338 e. The van der Waals surface area contributed by atoms with Gasteiger partial charge in [-0.05, 0) is 33.3 Å². The Bertz CT molecular complexity index is 365. The molecule has 1 rings (SSSR count). The van der Waals surface area contributed by atoms with Crippen LogP contribution in [0.4, 0.5) is 0 Å². The van der Waals surface area contributed by atoms with Crippen LogP contribution in [0.2, 0.25) is 0 Å². The molecule has 18 heavy (non-hydrogen) atoms. The first-order chi connectivity index (χ1) is 8.43. The third-order valence-electron chi connectivity index (χ3n) is 3.02. The van der Waals surface area contributed by atoms with Crippen LogP contribution in [0, 0.1) is 0 Å². The van der Waals surface area contributed by atoms with Gasteiger partial charge in [-0.2, -0.15) is 0 Å². The van der Waals surface area contributed by atoms with Crippen LogP contribution in [0.1, 0.15) is 45.7 Å². The highest BCUT2D eigenvalue weighted by atomic mass is 16.2. The van der Waals surface area contributed by atoms with Gasteiger partial charge in [-0.1, -0.05) is 30.3 Å². The maximum absolute atomic E-state index is 12.3. The first kappa shape index (κ1) is 14.7. The summed E-state index contributed by atoms with van der Waals surface area (Å²) in [5, 5.41) is 0. The largest absolute Gasteiger partial charge is 0.338 e. The number of carbonyl (C=O) groups excluding carboxylic acids is 1. The van der Waals surface area contributed by atoms with Crippen molar-refractivity contribution >= 4 is 5.91 Å². The summed E-state index contributed by atoms with van der Waals surface area (Å²) in [5.74, 6) is 0.122. The molecule has 1 unspecified atom stereocenters. The van der Waals surface area contributed by atoms with E-state index in [2.05, 4.69) is 0 Å². The van der Waals surface area contributed by atoms with Gasteiger partial charge in [0.2, 0.25) is 5.91 Å². The van der Waals surface area contributed by atoms with Gasteiger partial charge in [-0.3, -0.25) is 4.79 Å². The second-order valence-corrected chi connectivity index (χ2v) is 5.21. The van der Waals surface area contributed by atoms with E-state index in [1.165, 1.54) is 0 Å². The molecule has 3 nitrogen and oxygen atoms in total. The molecule has 1 amide bonds. The normalized spacial score (nSPS) is 12.8.